The maximum Gasteiger partial charge on any atom is 0.325 e. The molecule has 0 radical (unpaired) electrons. The number of hydrogen-bond donors (Lipinski definition) is 6. The van der Waals surface area contributed by atoms with E-state index in [4.69, 9.17) is 10.5 Å². The molecule has 0 spiro atoms. The predicted molar refractivity (Wildman–Crippen MR) is 327 cm³/mol. The number of alkyl halides is 1. The first-order valence-electron chi connectivity index (χ1n) is 25.9. The Balaban J connectivity index is 0.000000506. The van der Waals surface area contributed by atoms with Gasteiger partial charge in [0.1, 0.15) is 34.9 Å². The predicted octanol–water partition coefficient (Wildman–Crippen LogP) is 10.3. The number of carbonyl (C=O) groups excluding carboxylic acids is 5. The van der Waals surface area contributed by atoms with E-state index in [1.165, 1.54) is 18.2 Å². The maximum absolute atomic E-state index is 12.2. The fourth-order valence-corrected chi connectivity index (χ4v) is 6.93. The van der Waals surface area contributed by atoms with Crippen molar-refractivity contribution in [3.05, 3.63) is 168 Å². The standard InChI is InChI=1S/C20H24N2O3.C11H15NO2.C10H14N2O.C10H12O3.C7H9N.C4H7BrO2/c1-4-18(17-10-11-19(24)14(2)20(17)25)21-12-16(23)13-22(3)15-8-6-5-7-9-15;1-3-14-11(13)9-12(2)10-7-5-4-6-8-10;1-12(8-10(13)7-11)9-5-3-2-4-6-9;1-3-8(11)7-4-5-9(12)6(2)10(7)13;1-8-7-5-3-2-4-6-7;1-2-7-4(6)3-5/h5-11,24-25H,4,12-13H2,1-3H3;4-8H,3,9H2,1-2H3;2-6H,7-8,11H2,1H3;4-5,12-13H,3H2,1-2H3;2-6,8H,1H3;2-3H2,1H3. The quantitative estimate of drug-likeness (QED) is 0.0180. The number of benzene rings is 6. The molecule has 0 aliphatic heterocycles. The number of ether oxygens (including phenoxy) is 2. The summed E-state index contributed by atoms with van der Waals surface area (Å²) in [5.74, 6) is -0.552. The summed E-state index contributed by atoms with van der Waals surface area (Å²) in [4.78, 5) is 65.8. The van der Waals surface area contributed by atoms with Gasteiger partial charge in [0.05, 0.1) is 45.0 Å². The van der Waals surface area contributed by atoms with Crippen molar-refractivity contribution >= 4 is 73.7 Å². The molecule has 0 amide bonds. The van der Waals surface area contributed by atoms with E-state index in [-0.39, 0.29) is 84.0 Å². The van der Waals surface area contributed by atoms with E-state index in [0.29, 0.717) is 60.3 Å². The van der Waals surface area contributed by atoms with Crippen LogP contribution < -0.4 is 25.8 Å². The lowest BCUT2D eigenvalue weighted by Gasteiger charge is -2.17. The van der Waals surface area contributed by atoms with Crippen LogP contribution in [0.4, 0.5) is 22.7 Å². The number of esters is 2. The van der Waals surface area contributed by atoms with Crippen LogP contribution in [0.3, 0.4) is 0 Å². The molecule has 6 aromatic carbocycles. The lowest BCUT2D eigenvalue weighted by atomic mass is 10.0. The molecule has 0 aromatic heterocycles. The number of phenolic OH excluding ortho intramolecular Hbond substituents is 4. The molecule has 7 N–H and O–H groups in total. The van der Waals surface area contributed by atoms with Gasteiger partial charge in [0.15, 0.2) is 17.3 Å². The fourth-order valence-electron chi connectivity index (χ4n) is 6.77. The molecule has 0 saturated carbocycles. The Morgan fingerprint density at radius 2 is 0.925 bits per heavy atom. The molecule has 18 heteroatoms. The van der Waals surface area contributed by atoms with E-state index in [0.717, 1.165) is 22.7 Å². The Bertz CT molecular complexity index is 2790. The average Bonchev–Trinajstić information content (AvgIpc) is 3.48. The van der Waals surface area contributed by atoms with Gasteiger partial charge in [-0.1, -0.05) is 103 Å². The van der Waals surface area contributed by atoms with Crippen molar-refractivity contribution < 1.29 is 53.9 Å². The van der Waals surface area contributed by atoms with Crippen molar-refractivity contribution in [3.8, 4) is 23.0 Å². The Morgan fingerprint density at radius 1 is 0.537 bits per heavy atom. The van der Waals surface area contributed by atoms with Gasteiger partial charge >= 0.3 is 11.9 Å². The van der Waals surface area contributed by atoms with Crippen molar-refractivity contribution in [2.75, 3.05) is 99.5 Å². The highest BCUT2D eigenvalue weighted by Crippen LogP contribution is 2.31. The number of nitrogens with one attached hydrogen (secondary N) is 1. The van der Waals surface area contributed by atoms with Gasteiger partial charge in [0, 0.05) is 79.8 Å². The molecular weight excluding hydrogens is 1080 g/mol. The minimum atomic E-state index is -0.206. The second kappa shape index (κ2) is 40.0. The lowest BCUT2D eigenvalue weighted by Crippen LogP contribution is -2.29. The summed E-state index contributed by atoms with van der Waals surface area (Å²) in [7, 11) is 7.53. The Kier molecular flexibility index (Phi) is 34.9. The third-order valence-electron chi connectivity index (χ3n) is 11.3. The summed E-state index contributed by atoms with van der Waals surface area (Å²) in [6.07, 6.45) is 0.928. The molecule has 0 heterocycles. The van der Waals surface area contributed by atoms with Crippen LogP contribution in [0.15, 0.2) is 151 Å². The summed E-state index contributed by atoms with van der Waals surface area (Å²) in [5.41, 5.74) is 11.6. The van der Waals surface area contributed by atoms with Gasteiger partial charge in [-0.15, -0.1) is 0 Å². The lowest BCUT2D eigenvalue weighted by molar-refractivity contribution is -0.141. The minimum absolute atomic E-state index is 0.00477. The Morgan fingerprint density at radius 3 is 1.29 bits per heavy atom. The molecule has 0 saturated heterocycles. The third-order valence-corrected chi connectivity index (χ3v) is 11.8. The molecule has 0 unspecified atom stereocenters. The van der Waals surface area contributed by atoms with Crippen molar-refractivity contribution in [1.82, 2.24) is 0 Å². The molecule has 17 nitrogen and oxygen atoms in total. The van der Waals surface area contributed by atoms with Crippen LogP contribution in [0.25, 0.3) is 0 Å². The Labute approximate surface area is 480 Å². The number of nitrogens with zero attached hydrogens (tertiary/aromatic N) is 4. The second-order valence-corrected chi connectivity index (χ2v) is 17.9. The molecule has 0 fully saturated rings. The second-order valence-electron chi connectivity index (χ2n) is 17.3. The number of phenols is 4. The number of aliphatic imine (C=N–C) groups is 1. The molecule has 0 bridgehead atoms. The van der Waals surface area contributed by atoms with Gasteiger partial charge in [-0.25, -0.2) is 0 Å². The van der Waals surface area contributed by atoms with Crippen LogP contribution >= 0.6 is 15.9 Å². The summed E-state index contributed by atoms with van der Waals surface area (Å²) in [6.45, 7) is 12.4. The van der Waals surface area contributed by atoms with Gasteiger partial charge in [-0.3, -0.25) is 29.0 Å². The van der Waals surface area contributed by atoms with E-state index in [1.54, 1.807) is 40.7 Å². The molecule has 0 aliphatic rings. The number of aromatic hydroxyl groups is 4. The van der Waals surface area contributed by atoms with Gasteiger partial charge in [0.25, 0.3) is 0 Å². The number of nitrogens with two attached hydrogens (primary N) is 1. The zero-order valence-electron chi connectivity index (χ0n) is 47.8. The van der Waals surface area contributed by atoms with E-state index in [2.05, 4.69) is 31.0 Å². The van der Waals surface area contributed by atoms with Crippen molar-refractivity contribution in [3.63, 3.8) is 0 Å². The van der Waals surface area contributed by atoms with Crippen LogP contribution in [-0.2, 0) is 28.7 Å². The highest BCUT2D eigenvalue weighted by molar-refractivity contribution is 9.09. The van der Waals surface area contributed by atoms with Crippen LogP contribution in [0.1, 0.15) is 67.6 Å². The summed E-state index contributed by atoms with van der Waals surface area (Å²) in [5, 5.41) is 41.9. The first-order chi connectivity index (χ1) is 38.2. The van der Waals surface area contributed by atoms with E-state index >= 15 is 0 Å². The van der Waals surface area contributed by atoms with Gasteiger partial charge in [0.2, 0.25) is 0 Å². The van der Waals surface area contributed by atoms with Crippen LogP contribution in [0, 0.1) is 13.8 Å². The zero-order chi connectivity index (χ0) is 60.0. The number of halogens is 1. The molecule has 6 aromatic rings. The highest BCUT2D eigenvalue weighted by Gasteiger charge is 2.15. The first-order valence-corrected chi connectivity index (χ1v) is 27.1. The topological polar surface area (TPSA) is 245 Å². The average molecular weight is 1170 g/mol. The highest BCUT2D eigenvalue weighted by atomic mass is 79.9. The van der Waals surface area contributed by atoms with Gasteiger partial charge in [-0.05, 0) is 107 Å². The monoisotopic (exact) mass is 1160 g/mol. The smallest absolute Gasteiger partial charge is 0.325 e. The van der Waals surface area contributed by atoms with Gasteiger partial charge < -0.3 is 55.7 Å². The number of ketones is 3. The van der Waals surface area contributed by atoms with Crippen LogP contribution in [0.2, 0.25) is 0 Å². The van der Waals surface area contributed by atoms with Crippen molar-refractivity contribution in [2.45, 2.75) is 54.4 Å². The molecule has 0 atom stereocenters. The van der Waals surface area contributed by atoms with Crippen LogP contribution in [0.5, 0.6) is 23.0 Å². The summed E-state index contributed by atoms with van der Waals surface area (Å²) < 4.78 is 9.36. The van der Waals surface area contributed by atoms with E-state index < -0.39 is 0 Å². The SMILES string of the molecule is CCC(=NCC(=O)CN(C)c1ccccc1)c1ccc(O)c(C)c1O.CCC(=O)c1ccc(O)c(C)c1O.CCOC(=O)CBr.CCOC(=O)CN(C)c1ccccc1.CN(CC(=O)CN)c1ccccc1.CNc1ccccc1. The number of para-hydroxylation sites is 4. The fraction of sp³-hybridized carbons (Fsp3) is 0.323. The summed E-state index contributed by atoms with van der Waals surface area (Å²) in [6, 6.07) is 45.3. The van der Waals surface area contributed by atoms with Crippen molar-refractivity contribution in [1.29, 1.82) is 0 Å². The molecular formula is C62H81BrN6O11. The number of hydrogen-bond acceptors (Lipinski definition) is 17. The third kappa shape index (κ3) is 26.9. The molecule has 6 rings (SSSR count). The molecule has 0 aliphatic carbocycles. The van der Waals surface area contributed by atoms with Crippen LogP contribution in [-0.4, -0.2) is 135 Å². The zero-order valence-corrected chi connectivity index (χ0v) is 49.4. The number of likely N-dealkylation sites (N-methyl/N-ethyl adjacent to an activating group) is 3. The number of anilines is 4. The number of carbonyl (C=O) groups is 5. The van der Waals surface area contributed by atoms with Crippen molar-refractivity contribution in [2.24, 2.45) is 10.7 Å². The van der Waals surface area contributed by atoms with E-state index in [1.807, 2.05) is 171 Å². The van der Waals surface area contributed by atoms with Gasteiger partial charge in [-0.2, -0.15) is 0 Å². The summed E-state index contributed by atoms with van der Waals surface area (Å²) >= 11 is 2.94. The number of Topliss-reactive ketones (excluding diaryl/α,β-unsaturated/α-hetero) is 3. The minimum Gasteiger partial charge on any atom is -0.508 e. The molecule has 432 valence electrons. The number of rotatable bonds is 20. The maximum atomic E-state index is 12.2. The normalized spacial score (nSPS) is 10.0. The largest absolute Gasteiger partial charge is 0.508 e. The Hall–Kier alpha value is -8.22. The first kappa shape index (κ1) is 69.8. The van der Waals surface area contributed by atoms with E-state index in [9.17, 15) is 44.4 Å². The molecule has 80 heavy (non-hydrogen) atoms.